The van der Waals surface area contributed by atoms with Gasteiger partial charge in [0.05, 0.1) is 24.5 Å². The molecular weight excluding hydrogens is 496 g/mol. The monoisotopic (exact) mass is 524 g/mol. The summed E-state index contributed by atoms with van der Waals surface area (Å²) in [6.45, 7) is 2.32. The van der Waals surface area contributed by atoms with Crippen LogP contribution in [0.25, 0.3) is 5.69 Å². The standard InChI is InChI=1S/C22H29ClN6O5S/c1-14(20(34-5)21-24-12-15(23)13-25-21)35(30)28-22-27-26-18(10-7-11-31-2)29(22)19-16(32-3)8-6-9-17(19)33-4/h6,8-9,12-14,20H,7,10-11H2,1-5H3,(H,27,28)/t14-,20?,35?/m0/s1. The van der Waals surface area contributed by atoms with Gasteiger partial charge in [0.2, 0.25) is 5.95 Å². The molecule has 0 spiro atoms. The third-order valence-electron chi connectivity index (χ3n) is 5.21. The number of hydrogen-bond donors (Lipinski definition) is 1. The zero-order chi connectivity index (χ0) is 25.4. The summed E-state index contributed by atoms with van der Waals surface area (Å²) in [6, 6.07) is 5.43. The molecule has 3 rings (SSSR count). The van der Waals surface area contributed by atoms with Crippen LogP contribution in [-0.4, -0.2) is 69.2 Å². The van der Waals surface area contributed by atoms with Crippen LogP contribution in [0.1, 0.15) is 31.1 Å². The predicted octanol–water partition coefficient (Wildman–Crippen LogP) is 3.16. The molecule has 0 aliphatic rings. The average molecular weight is 525 g/mol. The second-order valence-electron chi connectivity index (χ2n) is 7.40. The number of hydrogen-bond acceptors (Lipinski definition) is 9. The van der Waals surface area contributed by atoms with E-state index in [1.165, 1.54) is 19.5 Å². The van der Waals surface area contributed by atoms with E-state index in [0.717, 1.165) is 0 Å². The van der Waals surface area contributed by atoms with Gasteiger partial charge in [-0.25, -0.2) is 14.2 Å². The quantitative estimate of drug-likeness (QED) is 0.336. The Labute approximate surface area is 211 Å². The maximum absolute atomic E-state index is 13.4. The fourth-order valence-electron chi connectivity index (χ4n) is 3.48. The van der Waals surface area contributed by atoms with E-state index < -0.39 is 22.3 Å². The molecule has 1 N–H and O–H groups in total. The highest BCUT2D eigenvalue weighted by Crippen LogP contribution is 2.35. The number of halogens is 1. The lowest BCUT2D eigenvalue weighted by Gasteiger charge is -2.22. The molecule has 2 heterocycles. The summed E-state index contributed by atoms with van der Waals surface area (Å²) >= 11 is 5.90. The minimum Gasteiger partial charge on any atom is -0.494 e. The fraction of sp³-hybridized carbons (Fsp3) is 0.455. The molecule has 35 heavy (non-hydrogen) atoms. The molecule has 0 aliphatic carbocycles. The van der Waals surface area contributed by atoms with Gasteiger partial charge in [0.1, 0.15) is 40.1 Å². The Morgan fingerprint density at radius 1 is 1.09 bits per heavy atom. The first-order valence-electron chi connectivity index (χ1n) is 10.8. The Kier molecular flexibility index (Phi) is 9.78. The number of ether oxygens (including phenoxy) is 4. The first-order chi connectivity index (χ1) is 16.9. The van der Waals surface area contributed by atoms with E-state index in [1.54, 1.807) is 45.0 Å². The second-order valence-corrected chi connectivity index (χ2v) is 9.38. The van der Waals surface area contributed by atoms with Crippen molar-refractivity contribution in [3.8, 4) is 17.2 Å². The molecule has 0 bridgehead atoms. The summed E-state index contributed by atoms with van der Waals surface area (Å²) in [6.07, 6.45) is 3.56. The Hall–Kier alpha value is -2.80. The van der Waals surface area contributed by atoms with Crippen molar-refractivity contribution < 1.29 is 23.2 Å². The van der Waals surface area contributed by atoms with Gasteiger partial charge in [-0.2, -0.15) is 0 Å². The van der Waals surface area contributed by atoms with Crippen molar-refractivity contribution in [2.45, 2.75) is 31.1 Å². The molecule has 13 heteroatoms. The van der Waals surface area contributed by atoms with Crippen LogP contribution in [0.3, 0.4) is 0 Å². The molecule has 2 aromatic heterocycles. The molecule has 0 amide bonds. The normalized spacial score (nSPS) is 13.8. The third-order valence-corrected chi connectivity index (χ3v) is 6.71. The Morgan fingerprint density at radius 2 is 1.74 bits per heavy atom. The average Bonchev–Trinajstić information content (AvgIpc) is 3.26. The lowest BCUT2D eigenvalue weighted by molar-refractivity contribution is 0.0961. The van der Waals surface area contributed by atoms with E-state index in [1.807, 2.05) is 6.07 Å². The lowest BCUT2D eigenvalue weighted by Crippen LogP contribution is -2.28. The highest BCUT2D eigenvalue weighted by atomic mass is 35.5. The van der Waals surface area contributed by atoms with E-state index in [4.69, 9.17) is 30.5 Å². The number of benzene rings is 1. The summed E-state index contributed by atoms with van der Waals surface area (Å²) < 4.78 is 40.0. The minimum atomic E-state index is -1.66. The second kappa shape index (κ2) is 12.8. The molecule has 1 aromatic carbocycles. The van der Waals surface area contributed by atoms with Gasteiger partial charge in [-0.15, -0.1) is 10.2 Å². The molecule has 190 valence electrons. The number of methoxy groups -OCH3 is 4. The van der Waals surface area contributed by atoms with Crippen molar-refractivity contribution >= 4 is 28.5 Å². The first-order valence-corrected chi connectivity index (χ1v) is 12.4. The van der Waals surface area contributed by atoms with E-state index in [0.29, 0.717) is 53.3 Å². The van der Waals surface area contributed by atoms with E-state index in [-0.39, 0.29) is 5.95 Å². The number of nitrogens with one attached hydrogen (secondary N) is 1. The number of rotatable bonds is 13. The van der Waals surface area contributed by atoms with Crippen LogP contribution < -0.4 is 14.2 Å². The van der Waals surface area contributed by atoms with Crippen LogP contribution in [0.4, 0.5) is 5.95 Å². The van der Waals surface area contributed by atoms with E-state index in [9.17, 15) is 4.21 Å². The smallest absolute Gasteiger partial charge is 0.241 e. The van der Waals surface area contributed by atoms with Gasteiger partial charge >= 0.3 is 0 Å². The van der Waals surface area contributed by atoms with Gasteiger partial charge < -0.3 is 18.9 Å². The van der Waals surface area contributed by atoms with Crippen LogP contribution in [0, 0.1) is 0 Å². The Bertz CT molecular complexity index is 1110. The first kappa shape index (κ1) is 26.8. The SMILES string of the molecule is COCCCc1nnc(NS(=O)[C@@H](C)C(OC)c2ncc(Cl)cn2)n1-c1c(OC)cccc1OC. The molecular formula is C22H29ClN6O5S. The molecule has 11 nitrogen and oxygen atoms in total. The molecule has 0 radical (unpaired) electrons. The molecule has 0 aliphatic heterocycles. The highest BCUT2D eigenvalue weighted by Gasteiger charge is 2.29. The predicted molar refractivity (Wildman–Crippen MR) is 133 cm³/mol. The Balaban J connectivity index is 1.98. The van der Waals surface area contributed by atoms with Crippen LogP contribution >= 0.6 is 11.6 Å². The van der Waals surface area contributed by atoms with Crippen molar-refractivity contribution in [3.63, 3.8) is 0 Å². The zero-order valence-corrected chi connectivity index (χ0v) is 21.8. The van der Waals surface area contributed by atoms with Gasteiger partial charge in [-0.3, -0.25) is 9.29 Å². The molecule has 0 saturated heterocycles. The molecule has 3 atom stereocenters. The maximum atomic E-state index is 13.4. The summed E-state index contributed by atoms with van der Waals surface area (Å²) in [5, 5.41) is 8.47. The summed E-state index contributed by atoms with van der Waals surface area (Å²) in [7, 11) is 4.61. The lowest BCUT2D eigenvalue weighted by atomic mass is 10.2. The number of anilines is 1. The van der Waals surface area contributed by atoms with Crippen LogP contribution in [0.15, 0.2) is 30.6 Å². The number of para-hydroxylation sites is 1. The molecule has 2 unspecified atom stereocenters. The number of nitrogens with zero attached hydrogens (tertiary/aromatic N) is 5. The largest absolute Gasteiger partial charge is 0.494 e. The topological polar surface area (TPSA) is 123 Å². The Morgan fingerprint density at radius 3 is 2.31 bits per heavy atom. The minimum absolute atomic E-state index is 0.261. The van der Waals surface area contributed by atoms with Gasteiger partial charge in [-0.1, -0.05) is 17.7 Å². The highest BCUT2D eigenvalue weighted by molar-refractivity contribution is 7.87. The molecule has 3 aromatic rings. The van der Waals surface area contributed by atoms with Gasteiger partial charge in [0.25, 0.3) is 0 Å². The van der Waals surface area contributed by atoms with Crippen molar-refractivity contribution in [1.29, 1.82) is 0 Å². The maximum Gasteiger partial charge on any atom is 0.241 e. The van der Waals surface area contributed by atoms with Gasteiger partial charge in [-0.05, 0) is 25.5 Å². The number of aryl methyl sites for hydroxylation is 1. The molecule has 0 fully saturated rings. The third kappa shape index (κ3) is 6.26. The van der Waals surface area contributed by atoms with Crippen molar-refractivity contribution in [2.24, 2.45) is 0 Å². The van der Waals surface area contributed by atoms with Crippen LogP contribution in [0.5, 0.6) is 11.5 Å². The number of aromatic nitrogens is 5. The van der Waals surface area contributed by atoms with E-state index >= 15 is 0 Å². The zero-order valence-electron chi connectivity index (χ0n) is 20.2. The van der Waals surface area contributed by atoms with E-state index in [2.05, 4.69) is 24.9 Å². The van der Waals surface area contributed by atoms with Crippen LogP contribution in [-0.2, 0) is 26.9 Å². The van der Waals surface area contributed by atoms with Crippen LogP contribution in [0.2, 0.25) is 5.02 Å². The fourth-order valence-corrected chi connectivity index (χ4v) is 4.53. The summed E-state index contributed by atoms with van der Waals surface area (Å²) in [5.41, 5.74) is 0.589. The van der Waals surface area contributed by atoms with Crippen molar-refractivity contribution in [2.75, 3.05) is 39.8 Å². The summed E-state index contributed by atoms with van der Waals surface area (Å²) in [5.74, 6) is 2.35. The van der Waals surface area contributed by atoms with Crippen molar-refractivity contribution in [3.05, 3.63) is 47.3 Å². The van der Waals surface area contributed by atoms with Gasteiger partial charge in [0.15, 0.2) is 5.82 Å². The van der Waals surface area contributed by atoms with Crippen molar-refractivity contribution in [1.82, 2.24) is 24.7 Å². The summed E-state index contributed by atoms with van der Waals surface area (Å²) in [4.78, 5) is 8.42. The molecule has 0 saturated carbocycles. The van der Waals surface area contributed by atoms with Gasteiger partial charge in [0, 0.05) is 39.6 Å².